The monoisotopic (exact) mass is 375 g/mol. The van der Waals surface area contributed by atoms with Gasteiger partial charge in [0.15, 0.2) is 5.96 Å². The molecule has 2 N–H and O–H groups in total. The zero-order chi connectivity index (χ0) is 19.5. The molecule has 1 fully saturated rings. The second kappa shape index (κ2) is 11.8. The van der Waals surface area contributed by atoms with Crippen LogP contribution in [0.2, 0.25) is 0 Å². The van der Waals surface area contributed by atoms with E-state index in [2.05, 4.69) is 57.6 Å². The first-order chi connectivity index (χ1) is 13.1. The fraction of sp³-hybridized carbons (Fsp3) is 0.667. The summed E-state index contributed by atoms with van der Waals surface area (Å²) < 4.78 is 5.75. The average molecular weight is 376 g/mol. The summed E-state index contributed by atoms with van der Waals surface area (Å²) in [6, 6.07) is 6.33. The van der Waals surface area contributed by atoms with Gasteiger partial charge in [-0.15, -0.1) is 0 Å². The third-order valence-electron chi connectivity index (χ3n) is 4.98. The fourth-order valence-electron chi connectivity index (χ4n) is 3.24. The number of aliphatic imine (C=N–C) groups is 1. The van der Waals surface area contributed by atoms with Crippen LogP contribution in [0, 0.1) is 6.92 Å². The van der Waals surface area contributed by atoms with Gasteiger partial charge in [-0.3, -0.25) is 4.99 Å². The van der Waals surface area contributed by atoms with Gasteiger partial charge in [-0.1, -0.05) is 12.1 Å². The maximum atomic E-state index is 5.75. The summed E-state index contributed by atoms with van der Waals surface area (Å²) in [6.45, 7) is 12.4. The molecule has 1 aliphatic rings. The Balaban J connectivity index is 1.66. The molecule has 0 bridgehead atoms. The van der Waals surface area contributed by atoms with Crippen LogP contribution in [0.4, 0.5) is 0 Å². The summed E-state index contributed by atoms with van der Waals surface area (Å²) in [5.74, 6) is 1.80. The van der Waals surface area contributed by atoms with E-state index in [4.69, 9.17) is 4.74 Å². The van der Waals surface area contributed by atoms with Crippen molar-refractivity contribution < 1.29 is 4.74 Å². The molecule has 1 aliphatic heterocycles. The number of guanidine groups is 1. The Kier molecular flexibility index (Phi) is 9.42. The highest BCUT2D eigenvalue weighted by Crippen LogP contribution is 2.20. The maximum absolute atomic E-state index is 5.75. The molecule has 1 aromatic rings. The van der Waals surface area contributed by atoms with Crippen molar-refractivity contribution in [3.63, 3.8) is 0 Å². The summed E-state index contributed by atoms with van der Waals surface area (Å²) in [5.41, 5.74) is 2.37. The molecule has 27 heavy (non-hydrogen) atoms. The number of unbranched alkanes of at least 4 members (excludes halogenated alkanes) is 1. The number of hydrogen-bond donors (Lipinski definition) is 2. The van der Waals surface area contributed by atoms with Gasteiger partial charge >= 0.3 is 0 Å². The standard InChI is InChI=1S/C21H37N5O/c1-5-27-20-16-18(2)8-9-19(20)17-24-21(22-3)23-10-6-7-11-26-14-12-25(4)13-15-26/h8-9,16H,5-7,10-15,17H2,1-4H3,(H2,22,23,24). The molecule has 0 aromatic heterocycles. The number of hydrogen-bond acceptors (Lipinski definition) is 4. The van der Waals surface area contributed by atoms with Crippen LogP contribution in [-0.2, 0) is 6.54 Å². The molecule has 1 heterocycles. The molecule has 1 aromatic carbocycles. The SMILES string of the molecule is CCOc1cc(C)ccc1CNC(=NC)NCCCCN1CCN(C)CC1. The largest absolute Gasteiger partial charge is 0.494 e. The van der Waals surface area contributed by atoms with Crippen molar-refractivity contribution >= 4 is 5.96 Å². The minimum atomic E-state index is 0.677. The molecule has 0 amide bonds. The van der Waals surface area contributed by atoms with Gasteiger partial charge < -0.3 is 25.2 Å². The molecule has 6 nitrogen and oxygen atoms in total. The summed E-state index contributed by atoms with van der Waals surface area (Å²) in [4.78, 5) is 9.30. The van der Waals surface area contributed by atoms with E-state index in [1.807, 2.05) is 14.0 Å². The number of benzene rings is 1. The topological polar surface area (TPSA) is 52.1 Å². The molecule has 0 radical (unpaired) electrons. The van der Waals surface area contributed by atoms with Gasteiger partial charge in [0.25, 0.3) is 0 Å². The van der Waals surface area contributed by atoms with Gasteiger partial charge in [0, 0.05) is 51.9 Å². The summed E-state index contributed by atoms with van der Waals surface area (Å²) in [6.07, 6.45) is 2.38. The number of rotatable bonds is 9. The van der Waals surface area contributed by atoms with Gasteiger partial charge in [-0.25, -0.2) is 0 Å². The molecular formula is C21H37N5O. The van der Waals surface area contributed by atoms with Crippen molar-refractivity contribution in [2.24, 2.45) is 4.99 Å². The summed E-state index contributed by atoms with van der Waals surface area (Å²) in [5, 5.41) is 6.81. The average Bonchev–Trinajstić information content (AvgIpc) is 2.67. The van der Waals surface area contributed by atoms with Crippen LogP contribution in [0.15, 0.2) is 23.2 Å². The highest BCUT2D eigenvalue weighted by Gasteiger charge is 2.12. The number of ether oxygens (including phenoxy) is 1. The Labute approximate surface area is 165 Å². The quantitative estimate of drug-likeness (QED) is 0.393. The van der Waals surface area contributed by atoms with Crippen LogP contribution in [0.25, 0.3) is 0 Å². The first-order valence-corrected chi connectivity index (χ1v) is 10.2. The molecule has 0 aliphatic carbocycles. The Morgan fingerprint density at radius 1 is 1.15 bits per heavy atom. The number of likely N-dealkylation sites (N-methyl/N-ethyl adjacent to an activating group) is 1. The predicted molar refractivity (Wildman–Crippen MR) is 114 cm³/mol. The maximum Gasteiger partial charge on any atom is 0.191 e. The van der Waals surface area contributed by atoms with E-state index < -0.39 is 0 Å². The lowest BCUT2D eigenvalue weighted by Gasteiger charge is -2.32. The van der Waals surface area contributed by atoms with E-state index in [0.717, 1.165) is 30.2 Å². The van der Waals surface area contributed by atoms with Crippen molar-refractivity contribution in [3.05, 3.63) is 29.3 Å². The number of nitrogens with one attached hydrogen (secondary N) is 2. The number of piperazine rings is 1. The molecular weight excluding hydrogens is 338 g/mol. The first kappa shape index (κ1) is 21.5. The van der Waals surface area contributed by atoms with Crippen LogP contribution in [0.3, 0.4) is 0 Å². The lowest BCUT2D eigenvalue weighted by atomic mass is 10.1. The van der Waals surface area contributed by atoms with Crippen molar-refractivity contribution in [1.29, 1.82) is 0 Å². The lowest BCUT2D eigenvalue weighted by molar-refractivity contribution is 0.152. The van der Waals surface area contributed by atoms with Crippen molar-refractivity contribution in [2.75, 3.05) is 60.0 Å². The minimum Gasteiger partial charge on any atom is -0.494 e. The Morgan fingerprint density at radius 2 is 1.93 bits per heavy atom. The zero-order valence-electron chi connectivity index (χ0n) is 17.6. The lowest BCUT2D eigenvalue weighted by Crippen LogP contribution is -2.44. The second-order valence-corrected chi connectivity index (χ2v) is 7.25. The highest BCUT2D eigenvalue weighted by atomic mass is 16.5. The van der Waals surface area contributed by atoms with Gasteiger partial charge in [0.05, 0.1) is 6.61 Å². The molecule has 6 heteroatoms. The molecule has 0 unspecified atom stereocenters. The van der Waals surface area contributed by atoms with Gasteiger partial charge in [-0.05, 0) is 51.9 Å². The molecule has 0 saturated carbocycles. The molecule has 1 saturated heterocycles. The predicted octanol–water partition coefficient (Wildman–Crippen LogP) is 2.09. The molecule has 152 valence electrons. The van der Waals surface area contributed by atoms with E-state index in [1.54, 1.807) is 0 Å². The van der Waals surface area contributed by atoms with E-state index in [9.17, 15) is 0 Å². The van der Waals surface area contributed by atoms with Gasteiger partial charge in [0.2, 0.25) is 0 Å². The normalized spacial score (nSPS) is 16.4. The van der Waals surface area contributed by atoms with E-state index in [0.29, 0.717) is 13.2 Å². The van der Waals surface area contributed by atoms with Crippen molar-refractivity contribution in [2.45, 2.75) is 33.2 Å². The Morgan fingerprint density at radius 3 is 2.63 bits per heavy atom. The van der Waals surface area contributed by atoms with E-state index in [1.165, 1.54) is 44.7 Å². The van der Waals surface area contributed by atoms with Crippen LogP contribution in [0.5, 0.6) is 5.75 Å². The zero-order valence-corrected chi connectivity index (χ0v) is 17.6. The van der Waals surface area contributed by atoms with Crippen LogP contribution >= 0.6 is 0 Å². The minimum absolute atomic E-state index is 0.677. The van der Waals surface area contributed by atoms with Gasteiger partial charge in [0.1, 0.15) is 5.75 Å². The summed E-state index contributed by atoms with van der Waals surface area (Å²) in [7, 11) is 4.02. The molecule has 2 rings (SSSR count). The van der Waals surface area contributed by atoms with E-state index in [-0.39, 0.29) is 0 Å². The Hall–Kier alpha value is -1.79. The highest BCUT2D eigenvalue weighted by molar-refractivity contribution is 5.79. The Bertz CT molecular complexity index is 582. The van der Waals surface area contributed by atoms with Crippen LogP contribution in [-0.4, -0.2) is 75.7 Å². The number of aryl methyl sites for hydroxylation is 1. The fourth-order valence-corrected chi connectivity index (χ4v) is 3.24. The summed E-state index contributed by atoms with van der Waals surface area (Å²) >= 11 is 0. The third-order valence-corrected chi connectivity index (χ3v) is 4.98. The first-order valence-electron chi connectivity index (χ1n) is 10.2. The van der Waals surface area contributed by atoms with Crippen molar-refractivity contribution in [1.82, 2.24) is 20.4 Å². The van der Waals surface area contributed by atoms with Crippen molar-refractivity contribution in [3.8, 4) is 5.75 Å². The molecule has 0 atom stereocenters. The van der Waals surface area contributed by atoms with Crippen LogP contribution < -0.4 is 15.4 Å². The molecule has 0 spiro atoms. The number of nitrogens with zero attached hydrogens (tertiary/aromatic N) is 3. The smallest absolute Gasteiger partial charge is 0.191 e. The van der Waals surface area contributed by atoms with Gasteiger partial charge in [-0.2, -0.15) is 0 Å². The third kappa shape index (κ3) is 7.77. The van der Waals surface area contributed by atoms with E-state index >= 15 is 0 Å². The second-order valence-electron chi connectivity index (χ2n) is 7.25. The van der Waals surface area contributed by atoms with Crippen LogP contribution in [0.1, 0.15) is 30.9 Å².